The van der Waals surface area contributed by atoms with Crippen LogP contribution in [0, 0.1) is 29.5 Å². The number of anilines is 3. The Balaban J connectivity index is 1.25. The van der Waals surface area contributed by atoms with E-state index in [1.165, 1.54) is 11.3 Å². The molecule has 3 fully saturated rings. The average Bonchev–Trinajstić information content (AvgIpc) is 3.40. The molecule has 3 aliphatic rings. The maximum Gasteiger partial charge on any atom is 0.224 e. The molecule has 36 heavy (non-hydrogen) atoms. The molecule has 1 saturated heterocycles. The molecule has 1 aromatic carbocycles. The number of hydrogen-bond acceptors (Lipinski definition) is 8. The van der Waals surface area contributed by atoms with Gasteiger partial charge in [-0.05, 0) is 79.6 Å². The van der Waals surface area contributed by atoms with Crippen molar-refractivity contribution in [3.05, 3.63) is 41.1 Å². The molecule has 1 aliphatic heterocycles. The molecular formula is C25H34ClFN8O. The fourth-order valence-electron chi connectivity index (χ4n) is 6.44. The van der Waals surface area contributed by atoms with Crippen molar-refractivity contribution in [2.24, 2.45) is 29.4 Å². The van der Waals surface area contributed by atoms with Gasteiger partial charge in [-0.25, -0.2) is 9.37 Å². The van der Waals surface area contributed by atoms with Crippen LogP contribution in [0.4, 0.5) is 21.6 Å². The quantitative estimate of drug-likeness (QED) is 0.310. The molecule has 0 radical (unpaired) electrons. The summed E-state index contributed by atoms with van der Waals surface area (Å²) in [6, 6.07) is 5.85. The van der Waals surface area contributed by atoms with Crippen molar-refractivity contribution in [3.63, 3.8) is 0 Å². The van der Waals surface area contributed by atoms with Gasteiger partial charge in [-0.3, -0.25) is 4.79 Å². The minimum Gasteiger partial charge on any atom is -0.399 e. The van der Waals surface area contributed by atoms with Crippen molar-refractivity contribution in [1.29, 1.82) is 0 Å². The van der Waals surface area contributed by atoms with Gasteiger partial charge >= 0.3 is 0 Å². The lowest BCUT2D eigenvalue weighted by atomic mass is 9.77. The molecule has 2 heterocycles. The van der Waals surface area contributed by atoms with Crippen LogP contribution in [0.5, 0.6) is 0 Å². The van der Waals surface area contributed by atoms with Gasteiger partial charge in [0.1, 0.15) is 0 Å². The zero-order valence-corrected chi connectivity index (χ0v) is 21.2. The first-order valence-electron chi connectivity index (χ1n) is 12.6. The maximum atomic E-state index is 14.3. The summed E-state index contributed by atoms with van der Waals surface area (Å²) in [6.07, 6.45) is 2.83. The van der Waals surface area contributed by atoms with Crippen LogP contribution in [0.15, 0.2) is 24.4 Å². The first-order chi connectivity index (χ1) is 17.3. The Morgan fingerprint density at radius 3 is 2.78 bits per heavy atom. The van der Waals surface area contributed by atoms with Crippen LogP contribution in [0.25, 0.3) is 0 Å². The lowest BCUT2D eigenvalue weighted by molar-refractivity contribution is -0.123. The number of nitrogens with one attached hydrogen (secondary N) is 2. The third-order valence-corrected chi connectivity index (χ3v) is 8.34. The predicted octanol–water partition coefficient (Wildman–Crippen LogP) is 1.93. The normalized spacial score (nSPS) is 28.0. The summed E-state index contributed by atoms with van der Waals surface area (Å²) in [7, 11) is 2.15. The number of piperazine rings is 1. The number of nitrogens with two attached hydrogens (primary N) is 2. The number of rotatable bonds is 8. The monoisotopic (exact) mass is 516 g/mol. The molecule has 194 valence electrons. The molecule has 0 spiro atoms. The molecule has 1 amide bonds. The van der Waals surface area contributed by atoms with Crippen LogP contribution in [0.1, 0.15) is 18.4 Å². The lowest BCUT2D eigenvalue weighted by Crippen LogP contribution is -2.47. The lowest BCUT2D eigenvalue weighted by Gasteiger charge is -2.36. The van der Waals surface area contributed by atoms with Crippen LogP contribution in [0.2, 0.25) is 5.28 Å². The Morgan fingerprint density at radius 1 is 1.25 bits per heavy atom. The van der Waals surface area contributed by atoms with E-state index in [4.69, 9.17) is 23.1 Å². The minimum absolute atomic E-state index is 0.0158. The van der Waals surface area contributed by atoms with E-state index in [0.717, 1.165) is 57.4 Å². The molecule has 1 aromatic heterocycles. The molecule has 6 N–H and O–H groups in total. The van der Waals surface area contributed by atoms with Gasteiger partial charge in [0.25, 0.3) is 0 Å². The molecular weight excluding hydrogens is 483 g/mol. The number of hydrogen-bond donors (Lipinski definition) is 4. The van der Waals surface area contributed by atoms with Crippen molar-refractivity contribution in [2.45, 2.75) is 25.4 Å². The topological polar surface area (TPSA) is 125 Å². The number of halogens is 2. The number of carbonyl (C=O) groups excluding carboxylic acids is 1. The second-order valence-corrected chi connectivity index (χ2v) is 10.7. The van der Waals surface area contributed by atoms with Crippen molar-refractivity contribution in [2.75, 3.05) is 55.7 Å². The van der Waals surface area contributed by atoms with Gasteiger partial charge in [0.2, 0.25) is 11.2 Å². The van der Waals surface area contributed by atoms with E-state index >= 15 is 0 Å². The zero-order chi connectivity index (χ0) is 25.4. The molecule has 5 atom stereocenters. The highest BCUT2D eigenvalue weighted by atomic mass is 35.5. The Labute approximate surface area is 215 Å². The number of fused-ring (bicyclic) bond motifs is 2. The average molecular weight is 517 g/mol. The van der Waals surface area contributed by atoms with Crippen molar-refractivity contribution in [1.82, 2.24) is 20.2 Å². The minimum atomic E-state index is -0.599. The molecule has 2 saturated carbocycles. The summed E-state index contributed by atoms with van der Waals surface area (Å²) in [6.45, 7) is 5.55. The standard InChI is InChI=1S/C25H34ClFN8O/c1-34-4-6-35(7-5-34)20-3-2-17(28)9-16(20)12-30-11-15-8-14-10-18(15)22(21(14)23(29)36)32-24-19(27)13-31-25(26)33-24/h2-3,9,13-15,18,21-22,30H,4-8,10-12,28H2,1H3,(H2,29,36)(H,31,32,33)/t14-,15+,18-,21+,22-/m1/s1. The first kappa shape index (κ1) is 25.0. The molecule has 0 unspecified atom stereocenters. The van der Waals surface area contributed by atoms with Crippen LogP contribution in [-0.4, -0.2) is 66.6 Å². The summed E-state index contributed by atoms with van der Waals surface area (Å²) in [5.41, 5.74) is 15.0. The van der Waals surface area contributed by atoms with Crippen LogP contribution >= 0.6 is 11.6 Å². The number of nitrogen functional groups attached to an aromatic ring is 1. The van der Waals surface area contributed by atoms with E-state index in [-0.39, 0.29) is 40.8 Å². The third kappa shape index (κ3) is 5.07. The fourth-order valence-corrected chi connectivity index (χ4v) is 6.57. The summed E-state index contributed by atoms with van der Waals surface area (Å²) in [4.78, 5) is 24.7. The number of primary amides is 1. The molecule has 5 rings (SSSR count). The highest BCUT2D eigenvalue weighted by molar-refractivity contribution is 6.28. The highest BCUT2D eigenvalue weighted by Gasteiger charge is 2.54. The van der Waals surface area contributed by atoms with Crippen molar-refractivity contribution >= 4 is 34.7 Å². The van der Waals surface area contributed by atoms with Gasteiger partial charge in [0.05, 0.1) is 12.1 Å². The Bertz CT molecular complexity index is 1110. The van der Waals surface area contributed by atoms with Crippen molar-refractivity contribution < 1.29 is 9.18 Å². The van der Waals surface area contributed by atoms with E-state index in [1.54, 1.807) is 0 Å². The molecule has 2 aromatic rings. The van der Waals surface area contributed by atoms with E-state index in [9.17, 15) is 9.18 Å². The molecule has 9 nitrogen and oxygen atoms in total. The van der Waals surface area contributed by atoms with Gasteiger partial charge in [0, 0.05) is 50.1 Å². The largest absolute Gasteiger partial charge is 0.399 e. The summed E-state index contributed by atoms with van der Waals surface area (Å²) in [5.74, 6) is -0.630. The Morgan fingerprint density at radius 2 is 2.03 bits per heavy atom. The summed E-state index contributed by atoms with van der Waals surface area (Å²) < 4.78 is 14.3. The Hall–Kier alpha value is -2.69. The number of likely N-dealkylation sites (N-methyl/N-ethyl adjacent to an activating group) is 1. The second-order valence-electron chi connectivity index (χ2n) is 10.4. The van der Waals surface area contributed by atoms with Gasteiger partial charge in [-0.2, -0.15) is 4.98 Å². The third-order valence-electron chi connectivity index (χ3n) is 8.16. The first-order valence-corrected chi connectivity index (χ1v) is 12.9. The van der Waals surface area contributed by atoms with E-state index in [0.29, 0.717) is 12.5 Å². The van der Waals surface area contributed by atoms with E-state index in [1.807, 2.05) is 6.07 Å². The van der Waals surface area contributed by atoms with Crippen molar-refractivity contribution in [3.8, 4) is 0 Å². The SMILES string of the molecule is CN1CCN(c2ccc(N)cc2CNC[C@@H]2C[C@@H]3C[C@H]2[C@@H](Nc2nc(Cl)ncc2F)[C@H]3C(N)=O)CC1. The predicted molar refractivity (Wildman–Crippen MR) is 139 cm³/mol. The fraction of sp³-hybridized carbons (Fsp3) is 0.560. The van der Waals surface area contributed by atoms with Gasteiger partial charge in [-0.15, -0.1) is 0 Å². The Kier molecular flexibility index (Phi) is 7.18. The molecule has 2 aliphatic carbocycles. The smallest absolute Gasteiger partial charge is 0.224 e. The number of carbonyl (C=O) groups is 1. The van der Waals surface area contributed by atoms with Crippen LogP contribution in [-0.2, 0) is 11.3 Å². The number of benzene rings is 1. The van der Waals surface area contributed by atoms with Gasteiger partial charge < -0.3 is 31.9 Å². The highest BCUT2D eigenvalue weighted by Crippen LogP contribution is 2.52. The second kappa shape index (κ2) is 10.4. The van der Waals surface area contributed by atoms with Gasteiger partial charge in [0.15, 0.2) is 11.6 Å². The summed E-state index contributed by atoms with van der Waals surface area (Å²) in [5, 5.41) is 6.74. The van der Waals surface area contributed by atoms with Crippen LogP contribution < -0.4 is 27.0 Å². The molecule has 2 bridgehead atoms. The van der Waals surface area contributed by atoms with E-state index < -0.39 is 5.82 Å². The number of aromatic nitrogens is 2. The van der Waals surface area contributed by atoms with Crippen LogP contribution in [0.3, 0.4) is 0 Å². The maximum absolute atomic E-state index is 14.3. The van der Waals surface area contributed by atoms with E-state index in [2.05, 4.69) is 49.6 Å². The van der Waals surface area contributed by atoms with Gasteiger partial charge in [-0.1, -0.05) is 0 Å². The number of amides is 1. The summed E-state index contributed by atoms with van der Waals surface area (Å²) >= 11 is 5.88. The zero-order valence-electron chi connectivity index (χ0n) is 20.5. The number of nitrogens with zero attached hydrogens (tertiary/aromatic N) is 4. The molecule has 11 heteroatoms.